The van der Waals surface area contributed by atoms with Crippen LogP contribution in [0.4, 0.5) is 0 Å². The smallest absolute Gasteiger partial charge is 0.224 e. The normalized spacial score (nSPS) is 18.8. The average Bonchev–Trinajstić information content (AvgIpc) is 2.85. The van der Waals surface area contributed by atoms with Crippen LogP contribution in [0.5, 0.6) is 0 Å². The Labute approximate surface area is 109 Å². The van der Waals surface area contributed by atoms with Gasteiger partial charge in [0, 0.05) is 12.6 Å². The first kappa shape index (κ1) is 13.1. The number of rotatable bonds is 5. The number of hydrogen-bond donors (Lipinski definition) is 2. The van der Waals surface area contributed by atoms with Crippen molar-refractivity contribution in [2.24, 2.45) is 0 Å². The molecule has 3 heteroatoms. The minimum Gasteiger partial charge on any atom is -0.356 e. The van der Waals surface area contributed by atoms with Gasteiger partial charge in [0.2, 0.25) is 5.91 Å². The third kappa shape index (κ3) is 3.84. The first-order valence-corrected chi connectivity index (χ1v) is 6.80. The summed E-state index contributed by atoms with van der Waals surface area (Å²) in [6.07, 6.45) is 4.04. The molecule has 1 heterocycles. The molecular weight excluding hydrogens is 224 g/mol. The Morgan fingerprint density at radius 3 is 3.00 bits per heavy atom. The molecule has 3 nitrogen and oxygen atoms in total. The van der Waals surface area contributed by atoms with E-state index >= 15 is 0 Å². The van der Waals surface area contributed by atoms with Crippen molar-refractivity contribution in [3.05, 3.63) is 35.4 Å². The molecule has 98 valence electrons. The predicted octanol–water partition coefficient (Wildman–Crippen LogP) is 1.80. The summed E-state index contributed by atoms with van der Waals surface area (Å²) >= 11 is 0. The molecule has 2 N–H and O–H groups in total. The van der Waals surface area contributed by atoms with Gasteiger partial charge in [0.25, 0.3) is 0 Å². The lowest BCUT2D eigenvalue weighted by atomic mass is 10.1. The van der Waals surface area contributed by atoms with E-state index in [0.717, 1.165) is 25.1 Å². The van der Waals surface area contributed by atoms with Crippen molar-refractivity contribution in [1.29, 1.82) is 0 Å². The third-order valence-electron chi connectivity index (χ3n) is 3.59. The predicted molar refractivity (Wildman–Crippen MR) is 73.5 cm³/mol. The van der Waals surface area contributed by atoms with E-state index < -0.39 is 0 Å². The van der Waals surface area contributed by atoms with Crippen molar-refractivity contribution in [1.82, 2.24) is 10.6 Å². The van der Waals surface area contributed by atoms with Crippen LogP contribution in [0.2, 0.25) is 0 Å². The Kier molecular flexibility index (Phi) is 4.76. The molecule has 18 heavy (non-hydrogen) atoms. The Morgan fingerprint density at radius 2 is 2.28 bits per heavy atom. The van der Waals surface area contributed by atoms with Crippen LogP contribution < -0.4 is 10.6 Å². The van der Waals surface area contributed by atoms with Crippen molar-refractivity contribution in [2.45, 2.75) is 38.6 Å². The highest BCUT2D eigenvalue weighted by molar-refractivity contribution is 5.78. The SMILES string of the molecule is Cc1ccccc1CC(=O)NCC[C@H]1CCCN1. The molecule has 2 rings (SSSR count). The maximum atomic E-state index is 11.8. The van der Waals surface area contributed by atoms with Gasteiger partial charge in [-0.15, -0.1) is 0 Å². The minimum absolute atomic E-state index is 0.127. The van der Waals surface area contributed by atoms with E-state index in [2.05, 4.69) is 10.6 Å². The van der Waals surface area contributed by atoms with E-state index in [1.807, 2.05) is 31.2 Å². The van der Waals surface area contributed by atoms with Crippen molar-refractivity contribution >= 4 is 5.91 Å². The van der Waals surface area contributed by atoms with Crippen LogP contribution in [0.3, 0.4) is 0 Å². The topological polar surface area (TPSA) is 41.1 Å². The van der Waals surface area contributed by atoms with E-state index in [4.69, 9.17) is 0 Å². The Morgan fingerprint density at radius 1 is 1.44 bits per heavy atom. The van der Waals surface area contributed by atoms with E-state index in [1.165, 1.54) is 18.4 Å². The summed E-state index contributed by atoms with van der Waals surface area (Å²) < 4.78 is 0. The monoisotopic (exact) mass is 246 g/mol. The summed E-state index contributed by atoms with van der Waals surface area (Å²) in [5, 5.41) is 6.44. The molecule has 1 fully saturated rings. The van der Waals surface area contributed by atoms with E-state index in [1.54, 1.807) is 0 Å². The van der Waals surface area contributed by atoms with Crippen LogP contribution in [0.15, 0.2) is 24.3 Å². The van der Waals surface area contributed by atoms with Gasteiger partial charge in [0.15, 0.2) is 0 Å². The average molecular weight is 246 g/mol. The maximum Gasteiger partial charge on any atom is 0.224 e. The van der Waals surface area contributed by atoms with Gasteiger partial charge in [-0.25, -0.2) is 0 Å². The Hall–Kier alpha value is -1.35. The standard InChI is InChI=1S/C15H22N2O/c1-12-5-2-3-6-13(12)11-15(18)17-10-8-14-7-4-9-16-14/h2-3,5-6,14,16H,4,7-11H2,1H3,(H,17,18)/t14-/m1/s1. The summed E-state index contributed by atoms with van der Waals surface area (Å²) in [4.78, 5) is 11.8. The number of aryl methyl sites for hydroxylation is 1. The Bertz CT molecular complexity index is 397. The zero-order chi connectivity index (χ0) is 12.8. The quantitative estimate of drug-likeness (QED) is 0.831. The number of benzene rings is 1. The lowest BCUT2D eigenvalue weighted by Gasteiger charge is -2.11. The highest BCUT2D eigenvalue weighted by Gasteiger charge is 2.13. The lowest BCUT2D eigenvalue weighted by Crippen LogP contribution is -2.31. The van der Waals surface area contributed by atoms with Crippen molar-refractivity contribution in [3.63, 3.8) is 0 Å². The van der Waals surface area contributed by atoms with Crippen LogP contribution >= 0.6 is 0 Å². The van der Waals surface area contributed by atoms with E-state index in [-0.39, 0.29) is 5.91 Å². The van der Waals surface area contributed by atoms with Gasteiger partial charge in [0.05, 0.1) is 6.42 Å². The van der Waals surface area contributed by atoms with Crippen LogP contribution in [0.1, 0.15) is 30.4 Å². The molecule has 1 aliphatic rings. The van der Waals surface area contributed by atoms with E-state index in [0.29, 0.717) is 12.5 Å². The van der Waals surface area contributed by atoms with Gasteiger partial charge < -0.3 is 10.6 Å². The molecule has 1 amide bonds. The van der Waals surface area contributed by atoms with Crippen molar-refractivity contribution < 1.29 is 4.79 Å². The maximum absolute atomic E-state index is 11.8. The zero-order valence-electron chi connectivity index (χ0n) is 11.0. The molecule has 1 aromatic carbocycles. The lowest BCUT2D eigenvalue weighted by molar-refractivity contribution is -0.120. The molecule has 0 saturated carbocycles. The fraction of sp³-hybridized carbons (Fsp3) is 0.533. The van der Waals surface area contributed by atoms with Crippen LogP contribution in [-0.2, 0) is 11.2 Å². The van der Waals surface area contributed by atoms with Gasteiger partial charge in [-0.05, 0) is 43.9 Å². The summed E-state index contributed by atoms with van der Waals surface area (Å²) in [6.45, 7) is 3.95. The molecule has 0 bridgehead atoms. The second kappa shape index (κ2) is 6.55. The number of hydrogen-bond acceptors (Lipinski definition) is 2. The summed E-state index contributed by atoms with van der Waals surface area (Å²) in [5.41, 5.74) is 2.30. The number of nitrogens with one attached hydrogen (secondary N) is 2. The Balaban J connectivity index is 1.70. The molecular formula is C15H22N2O. The first-order chi connectivity index (χ1) is 8.75. The van der Waals surface area contributed by atoms with Gasteiger partial charge in [0.1, 0.15) is 0 Å². The first-order valence-electron chi connectivity index (χ1n) is 6.80. The molecule has 0 unspecified atom stereocenters. The highest BCUT2D eigenvalue weighted by atomic mass is 16.1. The van der Waals surface area contributed by atoms with Gasteiger partial charge >= 0.3 is 0 Å². The van der Waals surface area contributed by atoms with Crippen LogP contribution in [-0.4, -0.2) is 25.0 Å². The zero-order valence-corrected chi connectivity index (χ0v) is 11.0. The van der Waals surface area contributed by atoms with Crippen LogP contribution in [0.25, 0.3) is 0 Å². The molecule has 1 saturated heterocycles. The second-order valence-corrected chi connectivity index (χ2v) is 5.04. The molecule has 0 aliphatic carbocycles. The van der Waals surface area contributed by atoms with Gasteiger partial charge in [-0.3, -0.25) is 4.79 Å². The molecule has 1 atom stereocenters. The third-order valence-corrected chi connectivity index (χ3v) is 3.59. The molecule has 0 spiro atoms. The molecule has 1 aromatic rings. The molecule has 0 aromatic heterocycles. The fourth-order valence-electron chi connectivity index (χ4n) is 2.43. The molecule has 0 radical (unpaired) electrons. The summed E-state index contributed by atoms with van der Waals surface area (Å²) in [6, 6.07) is 8.66. The summed E-state index contributed by atoms with van der Waals surface area (Å²) in [7, 11) is 0. The van der Waals surface area contributed by atoms with Crippen molar-refractivity contribution in [3.8, 4) is 0 Å². The fourth-order valence-corrected chi connectivity index (χ4v) is 2.43. The minimum atomic E-state index is 0.127. The van der Waals surface area contributed by atoms with E-state index in [9.17, 15) is 4.79 Å². The molecule has 1 aliphatic heterocycles. The largest absolute Gasteiger partial charge is 0.356 e. The number of carbonyl (C=O) groups excluding carboxylic acids is 1. The van der Waals surface area contributed by atoms with Crippen LogP contribution in [0, 0.1) is 6.92 Å². The van der Waals surface area contributed by atoms with Gasteiger partial charge in [-0.1, -0.05) is 24.3 Å². The number of amides is 1. The van der Waals surface area contributed by atoms with Gasteiger partial charge in [-0.2, -0.15) is 0 Å². The summed E-state index contributed by atoms with van der Waals surface area (Å²) in [5.74, 6) is 0.127. The highest BCUT2D eigenvalue weighted by Crippen LogP contribution is 2.09. The van der Waals surface area contributed by atoms with Crippen molar-refractivity contribution in [2.75, 3.05) is 13.1 Å². The second-order valence-electron chi connectivity index (χ2n) is 5.04. The number of carbonyl (C=O) groups is 1.